The zero-order valence-electron chi connectivity index (χ0n) is 15.8. The van der Waals surface area contributed by atoms with Crippen molar-refractivity contribution in [1.29, 1.82) is 0 Å². The number of carbonyl (C=O) groups excluding carboxylic acids is 1. The van der Waals surface area contributed by atoms with Crippen LogP contribution in [0.5, 0.6) is 5.75 Å². The van der Waals surface area contributed by atoms with Crippen LogP contribution >= 0.6 is 22.9 Å². The number of nitrogens with one attached hydrogen (secondary N) is 2. The number of hydrogen-bond acceptors (Lipinski definition) is 6. The Morgan fingerprint density at radius 2 is 2.34 bits per heavy atom. The van der Waals surface area contributed by atoms with Crippen LogP contribution < -0.4 is 21.1 Å². The van der Waals surface area contributed by atoms with Gasteiger partial charge in [0.25, 0.3) is 0 Å². The van der Waals surface area contributed by atoms with Gasteiger partial charge in [0.05, 0.1) is 24.2 Å². The minimum Gasteiger partial charge on any atom is -0.492 e. The number of fused-ring (bicyclic) bond motifs is 1. The topological polar surface area (TPSA) is 107 Å². The summed E-state index contributed by atoms with van der Waals surface area (Å²) in [5.74, 6) is 1.10. The molecule has 0 saturated heterocycles. The van der Waals surface area contributed by atoms with Crippen LogP contribution in [0.2, 0.25) is 5.02 Å². The third-order valence-electron chi connectivity index (χ3n) is 4.41. The average Bonchev–Trinajstić information content (AvgIpc) is 3.31. The number of amides is 2. The molecule has 1 unspecified atom stereocenters. The van der Waals surface area contributed by atoms with E-state index in [9.17, 15) is 4.79 Å². The number of rotatable bonds is 5. The predicted octanol–water partition coefficient (Wildman–Crippen LogP) is 3.65. The number of anilines is 1. The van der Waals surface area contributed by atoms with Crippen molar-refractivity contribution in [3.63, 3.8) is 0 Å². The number of nitrogens with zero attached hydrogens (tertiary/aromatic N) is 3. The highest BCUT2D eigenvalue weighted by atomic mass is 35.5. The standard InChI is InChI=1S/C19H21ClN6O2S/c1-11(21)9-26-7-5-15(25-26)18-23-16(10-29-18)24-19(27)22-14-6-8-28-17-12(14)3-2-4-13(17)20/h2-5,7,10-11,14H,6,8-9,21H2,1H3,(H2,22,24,27)/t11?,14-/m0/s1. The van der Waals surface area contributed by atoms with E-state index >= 15 is 0 Å². The molecule has 3 heterocycles. The fourth-order valence-corrected chi connectivity index (χ4v) is 4.12. The second-order valence-electron chi connectivity index (χ2n) is 6.88. The van der Waals surface area contributed by atoms with Crippen molar-refractivity contribution in [2.45, 2.75) is 32.0 Å². The lowest BCUT2D eigenvalue weighted by molar-refractivity contribution is 0.232. The number of ether oxygens (including phenoxy) is 1. The molecule has 1 aliphatic heterocycles. The summed E-state index contributed by atoms with van der Waals surface area (Å²) in [5.41, 5.74) is 7.42. The summed E-state index contributed by atoms with van der Waals surface area (Å²) in [6.45, 7) is 3.05. The predicted molar refractivity (Wildman–Crippen MR) is 113 cm³/mol. The van der Waals surface area contributed by atoms with Crippen molar-refractivity contribution in [2.24, 2.45) is 5.73 Å². The normalized spacial score (nSPS) is 16.6. The van der Waals surface area contributed by atoms with Crippen LogP contribution in [-0.2, 0) is 6.54 Å². The zero-order valence-corrected chi connectivity index (χ0v) is 17.3. The van der Waals surface area contributed by atoms with E-state index in [1.807, 2.05) is 31.3 Å². The van der Waals surface area contributed by atoms with Gasteiger partial charge in [-0.25, -0.2) is 9.78 Å². The number of carbonyl (C=O) groups is 1. The summed E-state index contributed by atoms with van der Waals surface area (Å²) in [7, 11) is 0. The Hall–Kier alpha value is -2.62. The maximum atomic E-state index is 12.5. The Labute approximate surface area is 177 Å². The van der Waals surface area contributed by atoms with Crippen molar-refractivity contribution in [3.05, 3.63) is 46.4 Å². The van der Waals surface area contributed by atoms with Crippen LogP contribution in [0.25, 0.3) is 10.7 Å². The average molecular weight is 433 g/mol. The Bertz CT molecular complexity index is 1020. The van der Waals surface area contributed by atoms with Crippen molar-refractivity contribution in [1.82, 2.24) is 20.1 Å². The fourth-order valence-electron chi connectivity index (χ4n) is 3.17. The van der Waals surface area contributed by atoms with E-state index < -0.39 is 0 Å². The smallest absolute Gasteiger partial charge is 0.320 e. The molecule has 0 fully saturated rings. The summed E-state index contributed by atoms with van der Waals surface area (Å²) in [4.78, 5) is 16.9. The van der Waals surface area contributed by atoms with E-state index in [1.165, 1.54) is 11.3 Å². The molecule has 29 heavy (non-hydrogen) atoms. The molecule has 3 aromatic rings. The van der Waals surface area contributed by atoms with Gasteiger partial charge in [-0.15, -0.1) is 11.3 Å². The van der Waals surface area contributed by atoms with Gasteiger partial charge < -0.3 is 15.8 Å². The van der Waals surface area contributed by atoms with E-state index in [-0.39, 0.29) is 18.1 Å². The number of benzene rings is 1. The van der Waals surface area contributed by atoms with Gasteiger partial charge in [0.15, 0.2) is 0 Å². The van der Waals surface area contributed by atoms with Gasteiger partial charge in [-0.2, -0.15) is 5.10 Å². The number of hydrogen-bond donors (Lipinski definition) is 3. The summed E-state index contributed by atoms with van der Waals surface area (Å²) < 4.78 is 7.42. The largest absolute Gasteiger partial charge is 0.492 e. The fraction of sp³-hybridized carbons (Fsp3) is 0.316. The summed E-state index contributed by atoms with van der Waals surface area (Å²) in [6, 6.07) is 6.92. The molecule has 2 atom stereocenters. The molecule has 0 radical (unpaired) electrons. The molecule has 2 amide bonds. The summed E-state index contributed by atoms with van der Waals surface area (Å²) in [6.07, 6.45) is 2.54. The first-order valence-corrected chi connectivity index (χ1v) is 10.5. The molecule has 4 N–H and O–H groups in total. The second-order valence-corrected chi connectivity index (χ2v) is 8.15. The van der Waals surface area contributed by atoms with Crippen LogP contribution in [0.3, 0.4) is 0 Å². The third-order valence-corrected chi connectivity index (χ3v) is 5.57. The van der Waals surface area contributed by atoms with Crippen molar-refractivity contribution < 1.29 is 9.53 Å². The first kappa shape index (κ1) is 19.7. The lowest BCUT2D eigenvalue weighted by atomic mass is 10.0. The number of thiazole rings is 1. The molecule has 0 spiro atoms. The van der Waals surface area contributed by atoms with Crippen LogP contribution in [0.1, 0.15) is 24.9 Å². The van der Waals surface area contributed by atoms with Crippen LogP contribution in [0.15, 0.2) is 35.8 Å². The van der Waals surface area contributed by atoms with Gasteiger partial charge in [-0.3, -0.25) is 10.00 Å². The minimum absolute atomic E-state index is 0.0187. The Morgan fingerprint density at radius 3 is 3.17 bits per heavy atom. The Kier molecular flexibility index (Phi) is 5.70. The molecule has 0 aliphatic carbocycles. The van der Waals surface area contributed by atoms with E-state index in [0.29, 0.717) is 36.2 Å². The van der Waals surface area contributed by atoms with Crippen LogP contribution in [0, 0.1) is 0 Å². The lowest BCUT2D eigenvalue weighted by Gasteiger charge is -2.27. The first-order chi connectivity index (χ1) is 14.0. The van der Waals surface area contributed by atoms with E-state index in [1.54, 1.807) is 16.1 Å². The van der Waals surface area contributed by atoms with Gasteiger partial charge in [0.2, 0.25) is 0 Å². The third kappa shape index (κ3) is 4.52. The lowest BCUT2D eigenvalue weighted by Crippen LogP contribution is -2.35. The van der Waals surface area contributed by atoms with Crippen molar-refractivity contribution >= 4 is 34.8 Å². The van der Waals surface area contributed by atoms with Gasteiger partial charge in [-0.1, -0.05) is 23.7 Å². The number of para-hydroxylation sites is 1. The molecule has 0 saturated carbocycles. The maximum Gasteiger partial charge on any atom is 0.320 e. The summed E-state index contributed by atoms with van der Waals surface area (Å²) in [5, 5.41) is 13.3. The van der Waals surface area contributed by atoms with E-state index in [4.69, 9.17) is 22.1 Å². The van der Waals surface area contributed by atoms with Gasteiger partial charge >= 0.3 is 6.03 Å². The molecule has 4 rings (SSSR count). The number of nitrogens with two attached hydrogens (primary N) is 1. The number of aromatic nitrogens is 3. The van der Waals surface area contributed by atoms with Crippen molar-refractivity contribution in [2.75, 3.05) is 11.9 Å². The monoisotopic (exact) mass is 432 g/mol. The molecule has 1 aromatic carbocycles. The highest BCUT2D eigenvalue weighted by Crippen LogP contribution is 2.37. The Balaban J connectivity index is 1.40. The second kappa shape index (κ2) is 8.40. The van der Waals surface area contributed by atoms with Crippen LogP contribution in [0.4, 0.5) is 10.6 Å². The molecule has 10 heteroatoms. The molecule has 8 nitrogen and oxygen atoms in total. The first-order valence-electron chi connectivity index (χ1n) is 9.23. The zero-order chi connectivity index (χ0) is 20.4. The highest BCUT2D eigenvalue weighted by Gasteiger charge is 2.25. The number of halogens is 1. The van der Waals surface area contributed by atoms with E-state index in [2.05, 4.69) is 20.7 Å². The Morgan fingerprint density at radius 1 is 1.48 bits per heavy atom. The molecular formula is C19H21ClN6O2S. The van der Waals surface area contributed by atoms with Crippen molar-refractivity contribution in [3.8, 4) is 16.5 Å². The minimum atomic E-state index is -0.331. The van der Waals surface area contributed by atoms with Gasteiger partial charge in [0, 0.05) is 29.6 Å². The number of urea groups is 1. The quantitative estimate of drug-likeness (QED) is 0.570. The van der Waals surface area contributed by atoms with Crippen LogP contribution in [-0.4, -0.2) is 33.4 Å². The van der Waals surface area contributed by atoms with Gasteiger partial charge in [0.1, 0.15) is 22.3 Å². The maximum absolute atomic E-state index is 12.5. The molecule has 2 aromatic heterocycles. The molecule has 0 bridgehead atoms. The molecule has 152 valence electrons. The molecular weight excluding hydrogens is 412 g/mol. The molecule has 1 aliphatic rings. The van der Waals surface area contributed by atoms with Gasteiger partial charge in [-0.05, 0) is 19.1 Å². The highest BCUT2D eigenvalue weighted by molar-refractivity contribution is 7.13. The van der Waals surface area contributed by atoms with E-state index in [0.717, 1.165) is 16.3 Å². The summed E-state index contributed by atoms with van der Waals surface area (Å²) >= 11 is 7.60. The SMILES string of the molecule is CC(N)Cn1ccc(-c2nc(NC(=O)N[C@H]3CCOc4c(Cl)cccc43)cs2)n1.